The number of rotatable bonds is 11. The Labute approximate surface area is 137 Å². The van der Waals surface area contributed by atoms with Crippen LogP contribution in [0.15, 0.2) is 30.3 Å². The van der Waals surface area contributed by atoms with Crippen molar-refractivity contribution in [2.45, 2.75) is 57.7 Å². The van der Waals surface area contributed by atoms with Gasteiger partial charge < -0.3 is 9.47 Å². The first-order valence-electron chi connectivity index (χ1n) is 7.99. The molecule has 5 nitrogen and oxygen atoms in total. The predicted octanol–water partition coefficient (Wildman–Crippen LogP) is 3.10. The molecule has 1 unspecified atom stereocenters. The first-order valence-corrected chi connectivity index (χ1v) is 7.99. The van der Waals surface area contributed by atoms with Gasteiger partial charge in [0, 0.05) is 0 Å². The number of unbranched alkanes of at least 4 members (excludes halogenated alkanes) is 1. The summed E-state index contributed by atoms with van der Waals surface area (Å²) in [6.07, 6.45) is 4.19. The van der Waals surface area contributed by atoms with Gasteiger partial charge in [-0.05, 0) is 25.0 Å². The molecule has 5 heteroatoms. The van der Waals surface area contributed by atoms with Crippen LogP contribution in [0.5, 0.6) is 5.75 Å². The van der Waals surface area contributed by atoms with Crippen molar-refractivity contribution in [1.29, 1.82) is 0 Å². The number of carbonyl (C=O) groups is 3. The maximum absolute atomic E-state index is 12.4. The highest BCUT2D eigenvalue weighted by Gasteiger charge is 2.44. The Kier molecular flexibility index (Phi) is 8.02. The molecule has 1 aromatic rings. The zero-order valence-electron chi connectivity index (χ0n) is 13.7. The number of ether oxygens (including phenoxy) is 2. The van der Waals surface area contributed by atoms with Gasteiger partial charge in [0.05, 0.1) is 0 Å². The van der Waals surface area contributed by atoms with Crippen LogP contribution in [0.3, 0.4) is 0 Å². The fourth-order valence-corrected chi connectivity index (χ4v) is 2.16. The summed E-state index contributed by atoms with van der Waals surface area (Å²) >= 11 is 0. The Hall–Kier alpha value is -2.17. The van der Waals surface area contributed by atoms with Crippen LogP contribution in [0.25, 0.3) is 0 Å². The lowest BCUT2D eigenvalue weighted by Gasteiger charge is -2.25. The highest BCUT2D eigenvalue weighted by atomic mass is 16.6. The molecule has 0 fully saturated rings. The fraction of sp³-hybridized carbons (Fsp3) is 0.500. The monoisotopic (exact) mass is 320 g/mol. The highest BCUT2D eigenvalue weighted by Crippen LogP contribution is 2.20. The highest BCUT2D eigenvalue weighted by molar-refractivity contribution is 6.12. The van der Waals surface area contributed by atoms with E-state index >= 15 is 0 Å². The number of esters is 1. The van der Waals surface area contributed by atoms with Gasteiger partial charge >= 0.3 is 11.6 Å². The minimum absolute atomic E-state index is 0.193. The van der Waals surface area contributed by atoms with Crippen molar-refractivity contribution >= 4 is 18.5 Å². The standard InChI is InChI=1S/C18H24O5/c1-3-5-10-15(9-4-2)22-17(21)18(13-19,14-20)23-16-11-7-6-8-12-16/h6-8,11-15H,3-5,9-10H2,1-2H3. The van der Waals surface area contributed by atoms with Gasteiger partial charge in [-0.1, -0.05) is 51.3 Å². The molecular formula is C18H24O5. The van der Waals surface area contributed by atoms with Crippen LogP contribution in [-0.2, 0) is 19.1 Å². The molecule has 1 aromatic carbocycles. The lowest BCUT2D eigenvalue weighted by Crippen LogP contribution is -2.50. The van der Waals surface area contributed by atoms with Crippen molar-refractivity contribution in [1.82, 2.24) is 0 Å². The van der Waals surface area contributed by atoms with E-state index in [9.17, 15) is 14.4 Å². The third kappa shape index (κ3) is 5.51. The molecule has 126 valence electrons. The van der Waals surface area contributed by atoms with E-state index in [0.717, 1.165) is 19.3 Å². The largest absolute Gasteiger partial charge is 0.461 e. The Balaban J connectivity index is 2.87. The normalized spacial score (nSPS) is 12.3. The fourth-order valence-electron chi connectivity index (χ4n) is 2.16. The molecule has 0 spiro atoms. The summed E-state index contributed by atoms with van der Waals surface area (Å²) in [6.45, 7) is 4.03. The molecule has 0 saturated carbocycles. The first-order chi connectivity index (χ1) is 11.1. The van der Waals surface area contributed by atoms with Crippen LogP contribution in [0, 0.1) is 0 Å². The third-order valence-electron chi connectivity index (χ3n) is 3.46. The van der Waals surface area contributed by atoms with Gasteiger partial charge in [0.25, 0.3) is 0 Å². The lowest BCUT2D eigenvalue weighted by atomic mass is 10.1. The molecular weight excluding hydrogens is 296 g/mol. The van der Waals surface area contributed by atoms with Gasteiger partial charge in [-0.2, -0.15) is 0 Å². The van der Waals surface area contributed by atoms with E-state index in [-0.39, 0.29) is 24.4 Å². The summed E-state index contributed by atoms with van der Waals surface area (Å²) in [5.41, 5.74) is -2.25. The molecule has 0 N–H and O–H groups in total. The summed E-state index contributed by atoms with van der Waals surface area (Å²) in [7, 11) is 0. The van der Waals surface area contributed by atoms with E-state index in [2.05, 4.69) is 0 Å². The van der Waals surface area contributed by atoms with Crippen molar-refractivity contribution in [3.63, 3.8) is 0 Å². The predicted molar refractivity (Wildman–Crippen MR) is 86.2 cm³/mol. The molecule has 1 atom stereocenters. The second-order valence-corrected chi connectivity index (χ2v) is 5.40. The first kappa shape index (κ1) is 18.9. The molecule has 0 bridgehead atoms. The van der Waals surface area contributed by atoms with Gasteiger partial charge in [-0.15, -0.1) is 0 Å². The van der Waals surface area contributed by atoms with Crippen LogP contribution < -0.4 is 4.74 Å². The van der Waals surface area contributed by atoms with Crippen LogP contribution in [-0.4, -0.2) is 30.2 Å². The number of aldehydes is 2. The zero-order valence-corrected chi connectivity index (χ0v) is 13.7. The lowest BCUT2D eigenvalue weighted by molar-refractivity contribution is -0.169. The maximum Gasteiger partial charge on any atom is 0.366 e. The average molecular weight is 320 g/mol. The Morgan fingerprint density at radius 1 is 1.09 bits per heavy atom. The van der Waals surface area contributed by atoms with Gasteiger partial charge in [0.1, 0.15) is 11.9 Å². The van der Waals surface area contributed by atoms with Crippen molar-refractivity contribution in [2.75, 3.05) is 0 Å². The van der Waals surface area contributed by atoms with Crippen LogP contribution >= 0.6 is 0 Å². The third-order valence-corrected chi connectivity index (χ3v) is 3.46. The van der Waals surface area contributed by atoms with Crippen LogP contribution in [0.2, 0.25) is 0 Å². The summed E-state index contributed by atoms with van der Waals surface area (Å²) in [6, 6.07) is 8.26. The van der Waals surface area contributed by atoms with Gasteiger partial charge in [0.15, 0.2) is 12.6 Å². The number of hydrogen-bond acceptors (Lipinski definition) is 5. The number of carbonyl (C=O) groups excluding carboxylic acids is 3. The number of para-hydroxylation sites is 1. The van der Waals surface area contributed by atoms with E-state index in [0.29, 0.717) is 12.8 Å². The van der Waals surface area contributed by atoms with E-state index < -0.39 is 11.6 Å². The molecule has 0 aliphatic rings. The molecule has 0 saturated heterocycles. The molecule has 23 heavy (non-hydrogen) atoms. The van der Waals surface area contributed by atoms with Crippen molar-refractivity contribution in [2.24, 2.45) is 0 Å². The second kappa shape index (κ2) is 9.77. The molecule has 0 aliphatic heterocycles. The van der Waals surface area contributed by atoms with E-state index in [1.807, 2.05) is 13.8 Å². The van der Waals surface area contributed by atoms with Gasteiger partial charge in [-0.3, -0.25) is 9.59 Å². The Bertz CT molecular complexity index is 489. The number of hydrogen-bond donors (Lipinski definition) is 0. The quantitative estimate of drug-likeness (QED) is 0.356. The van der Waals surface area contributed by atoms with E-state index in [1.165, 1.54) is 0 Å². The smallest absolute Gasteiger partial charge is 0.366 e. The van der Waals surface area contributed by atoms with Gasteiger partial charge in [0.2, 0.25) is 0 Å². The second-order valence-electron chi connectivity index (χ2n) is 5.40. The van der Waals surface area contributed by atoms with Gasteiger partial charge in [-0.25, -0.2) is 4.79 Å². The summed E-state index contributed by atoms with van der Waals surface area (Å²) in [5, 5.41) is 0. The summed E-state index contributed by atoms with van der Waals surface area (Å²) in [4.78, 5) is 35.2. The molecule has 0 aliphatic carbocycles. The molecule has 0 heterocycles. The molecule has 0 amide bonds. The van der Waals surface area contributed by atoms with E-state index in [1.54, 1.807) is 30.3 Å². The number of benzene rings is 1. The van der Waals surface area contributed by atoms with E-state index in [4.69, 9.17) is 9.47 Å². The van der Waals surface area contributed by atoms with Crippen molar-refractivity contribution in [3.05, 3.63) is 30.3 Å². The summed E-state index contributed by atoms with van der Waals surface area (Å²) < 4.78 is 10.7. The topological polar surface area (TPSA) is 69.7 Å². The summed E-state index contributed by atoms with van der Waals surface area (Å²) in [5.74, 6) is -0.704. The average Bonchev–Trinajstić information content (AvgIpc) is 2.58. The minimum Gasteiger partial charge on any atom is -0.461 e. The zero-order chi connectivity index (χ0) is 17.1. The maximum atomic E-state index is 12.4. The SMILES string of the molecule is CCCCC(CCC)OC(=O)C(C=O)(C=O)Oc1ccccc1. The molecule has 0 radical (unpaired) electrons. The molecule has 0 aromatic heterocycles. The Morgan fingerprint density at radius 3 is 2.26 bits per heavy atom. The molecule has 1 rings (SSSR count). The van der Waals surface area contributed by atoms with Crippen molar-refractivity contribution < 1.29 is 23.9 Å². The minimum atomic E-state index is -2.25. The Morgan fingerprint density at radius 2 is 1.74 bits per heavy atom. The van der Waals surface area contributed by atoms with Crippen LogP contribution in [0.1, 0.15) is 46.0 Å². The van der Waals surface area contributed by atoms with Crippen LogP contribution in [0.4, 0.5) is 0 Å². The van der Waals surface area contributed by atoms with Crippen molar-refractivity contribution in [3.8, 4) is 5.75 Å².